The third-order valence-electron chi connectivity index (χ3n) is 2.73. The summed E-state index contributed by atoms with van der Waals surface area (Å²) in [7, 11) is 0. The van der Waals surface area contributed by atoms with Crippen LogP contribution in [-0.4, -0.2) is 16.5 Å². The summed E-state index contributed by atoms with van der Waals surface area (Å²) in [6.45, 7) is 4.97. The summed E-state index contributed by atoms with van der Waals surface area (Å²) in [4.78, 5) is 8.39. The second kappa shape index (κ2) is 5.43. The number of hydrogen-bond acceptors (Lipinski definition) is 3. The lowest BCUT2D eigenvalue weighted by molar-refractivity contribution is 0.799. The van der Waals surface area contributed by atoms with Gasteiger partial charge in [0.05, 0.1) is 0 Å². The van der Waals surface area contributed by atoms with Crippen LogP contribution in [0.25, 0.3) is 0 Å². The van der Waals surface area contributed by atoms with Crippen LogP contribution >= 0.6 is 0 Å². The van der Waals surface area contributed by atoms with Crippen molar-refractivity contribution in [1.82, 2.24) is 9.97 Å². The van der Waals surface area contributed by atoms with Crippen LogP contribution in [0.2, 0.25) is 0 Å². The van der Waals surface area contributed by atoms with Crippen molar-refractivity contribution in [2.24, 2.45) is 0 Å². The van der Waals surface area contributed by atoms with Gasteiger partial charge in [-0.05, 0) is 24.5 Å². The number of hydrogen-bond donors (Lipinski definition) is 1. The molecule has 0 aliphatic heterocycles. The minimum atomic E-state index is 0.464. The van der Waals surface area contributed by atoms with E-state index in [4.69, 9.17) is 0 Å². The van der Waals surface area contributed by atoms with Gasteiger partial charge in [-0.2, -0.15) is 0 Å². The van der Waals surface area contributed by atoms with Crippen molar-refractivity contribution in [3.8, 4) is 0 Å². The predicted molar refractivity (Wildman–Crippen MR) is 70.1 cm³/mol. The second-order valence-electron chi connectivity index (χ2n) is 4.18. The van der Waals surface area contributed by atoms with E-state index < -0.39 is 0 Å². The zero-order valence-electron chi connectivity index (χ0n) is 10.2. The summed E-state index contributed by atoms with van der Waals surface area (Å²) in [5.74, 6) is 2.15. The number of nitrogens with zero attached hydrogens (tertiary/aromatic N) is 2. The van der Waals surface area contributed by atoms with E-state index in [1.54, 1.807) is 6.20 Å². The monoisotopic (exact) mass is 227 g/mol. The highest BCUT2D eigenvalue weighted by Crippen LogP contribution is 2.15. The van der Waals surface area contributed by atoms with Crippen molar-refractivity contribution in [2.45, 2.75) is 19.8 Å². The molecule has 1 aromatic heterocycles. The number of aromatic nitrogens is 2. The summed E-state index contributed by atoms with van der Waals surface area (Å²) in [6.07, 6.45) is 1.78. The molecule has 0 bridgehead atoms. The molecule has 1 aromatic carbocycles. The largest absolute Gasteiger partial charge is 0.369 e. The molecule has 0 radical (unpaired) electrons. The molecule has 0 amide bonds. The summed E-state index contributed by atoms with van der Waals surface area (Å²) < 4.78 is 0. The van der Waals surface area contributed by atoms with Gasteiger partial charge in [-0.1, -0.05) is 37.3 Å². The van der Waals surface area contributed by atoms with E-state index in [1.165, 1.54) is 5.56 Å². The van der Waals surface area contributed by atoms with Crippen LogP contribution < -0.4 is 5.32 Å². The molecule has 0 fully saturated rings. The maximum atomic E-state index is 4.32. The molecule has 17 heavy (non-hydrogen) atoms. The Kier molecular flexibility index (Phi) is 3.70. The molecule has 0 aliphatic rings. The van der Waals surface area contributed by atoms with Gasteiger partial charge in [0.15, 0.2) is 0 Å². The van der Waals surface area contributed by atoms with E-state index in [1.807, 2.05) is 19.1 Å². The smallest absolute Gasteiger partial charge is 0.129 e. The first-order valence-electron chi connectivity index (χ1n) is 5.84. The number of rotatable bonds is 4. The molecular weight excluding hydrogens is 210 g/mol. The van der Waals surface area contributed by atoms with Crippen LogP contribution in [0.4, 0.5) is 5.82 Å². The van der Waals surface area contributed by atoms with E-state index >= 15 is 0 Å². The first-order valence-corrected chi connectivity index (χ1v) is 5.84. The molecule has 3 nitrogen and oxygen atoms in total. The van der Waals surface area contributed by atoms with E-state index in [9.17, 15) is 0 Å². The molecule has 2 aromatic rings. The maximum absolute atomic E-state index is 4.32. The zero-order valence-corrected chi connectivity index (χ0v) is 10.2. The summed E-state index contributed by atoms with van der Waals surface area (Å²) in [5.41, 5.74) is 1.34. The average Bonchev–Trinajstić information content (AvgIpc) is 2.37. The third kappa shape index (κ3) is 3.28. The molecule has 2 rings (SSSR count). The lowest BCUT2D eigenvalue weighted by atomic mass is 10.0. The molecule has 3 heteroatoms. The zero-order chi connectivity index (χ0) is 12.1. The van der Waals surface area contributed by atoms with Gasteiger partial charge in [0.2, 0.25) is 0 Å². The average molecular weight is 227 g/mol. The number of anilines is 1. The van der Waals surface area contributed by atoms with Gasteiger partial charge in [0, 0.05) is 12.7 Å². The Morgan fingerprint density at radius 3 is 2.65 bits per heavy atom. The number of aryl methyl sites for hydroxylation is 1. The van der Waals surface area contributed by atoms with Crippen LogP contribution in [0.3, 0.4) is 0 Å². The van der Waals surface area contributed by atoms with Gasteiger partial charge in [-0.3, -0.25) is 0 Å². The fourth-order valence-electron chi connectivity index (χ4n) is 1.71. The summed E-state index contributed by atoms with van der Waals surface area (Å²) >= 11 is 0. The second-order valence-corrected chi connectivity index (χ2v) is 4.18. The summed E-state index contributed by atoms with van der Waals surface area (Å²) in [6, 6.07) is 12.4. The predicted octanol–water partition coefficient (Wildman–Crippen LogP) is 3.00. The molecular formula is C14H17N3. The van der Waals surface area contributed by atoms with E-state index in [0.717, 1.165) is 18.2 Å². The van der Waals surface area contributed by atoms with Gasteiger partial charge in [0.25, 0.3) is 0 Å². The summed E-state index contributed by atoms with van der Waals surface area (Å²) in [5, 5.41) is 3.33. The van der Waals surface area contributed by atoms with Crippen LogP contribution in [0.5, 0.6) is 0 Å². The number of nitrogens with one attached hydrogen (secondary N) is 1. The molecule has 1 unspecified atom stereocenters. The first-order chi connectivity index (χ1) is 8.25. The highest BCUT2D eigenvalue weighted by molar-refractivity contribution is 5.34. The van der Waals surface area contributed by atoms with Crippen molar-refractivity contribution in [3.63, 3.8) is 0 Å². The Balaban J connectivity index is 1.95. The van der Waals surface area contributed by atoms with E-state index in [0.29, 0.717) is 5.92 Å². The first kappa shape index (κ1) is 11.6. The van der Waals surface area contributed by atoms with Gasteiger partial charge in [-0.25, -0.2) is 9.97 Å². The number of benzene rings is 1. The van der Waals surface area contributed by atoms with E-state index in [2.05, 4.69) is 46.5 Å². The Morgan fingerprint density at radius 2 is 1.94 bits per heavy atom. The lowest BCUT2D eigenvalue weighted by Gasteiger charge is -2.13. The van der Waals surface area contributed by atoms with Crippen LogP contribution in [0, 0.1) is 6.92 Å². The fourth-order valence-corrected chi connectivity index (χ4v) is 1.71. The van der Waals surface area contributed by atoms with Crippen molar-refractivity contribution >= 4 is 5.82 Å². The Bertz CT molecular complexity index is 468. The van der Waals surface area contributed by atoms with Crippen molar-refractivity contribution in [1.29, 1.82) is 0 Å². The molecule has 1 atom stereocenters. The highest BCUT2D eigenvalue weighted by Gasteiger charge is 2.04. The molecule has 0 saturated carbocycles. The molecule has 0 aliphatic carbocycles. The molecule has 1 heterocycles. The highest BCUT2D eigenvalue weighted by atomic mass is 15.0. The molecule has 1 N–H and O–H groups in total. The van der Waals surface area contributed by atoms with Gasteiger partial charge in [0.1, 0.15) is 11.6 Å². The standard InChI is InChI=1S/C14H17N3/c1-11(13-6-4-3-5-7-13)10-16-14-8-9-15-12(2)17-14/h3-9,11H,10H2,1-2H3,(H,15,16,17). The minimum absolute atomic E-state index is 0.464. The normalized spacial score (nSPS) is 12.1. The van der Waals surface area contributed by atoms with Gasteiger partial charge in [-0.15, -0.1) is 0 Å². The Hall–Kier alpha value is -1.90. The maximum Gasteiger partial charge on any atom is 0.129 e. The molecule has 88 valence electrons. The Morgan fingerprint density at radius 1 is 1.18 bits per heavy atom. The van der Waals surface area contributed by atoms with Gasteiger partial charge >= 0.3 is 0 Å². The van der Waals surface area contributed by atoms with Gasteiger partial charge < -0.3 is 5.32 Å². The quantitative estimate of drug-likeness (QED) is 0.872. The minimum Gasteiger partial charge on any atom is -0.369 e. The topological polar surface area (TPSA) is 37.8 Å². The molecule has 0 saturated heterocycles. The van der Waals surface area contributed by atoms with Crippen LogP contribution in [0.1, 0.15) is 24.2 Å². The molecule has 0 spiro atoms. The SMILES string of the molecule is Cc1nccc(NCC(C)c2ccccc2)n1. The van der Waals surface area contributed by atoms with Crippen LogP contribution in [0.15, 0.2) is 42.6 Å². The Labute approximate surface area is 102 Å². The van der Waals surface area contributed by atoms with Crippen molar-refractivity contribution < 1.29 is 0 Å². The van der Waals surface area contributed by atoms with Crippen molar-refractivity contribution in [2.75, 3.05) is 11.9 Å². The van der Waals surface area contributed by atoms with E-state index in [-0.39, 0.29) is 0 Å². The lowest BCUT2D eigenvalue weighted by Crippen LogP contribution is -2.11. The third-order valence-corrected chi connectivity index (χ3v) is 2.73. The van der Waals surface area contributed by atoms with Crippen molar-refractivity contribution in [3.05, 3.63) is 54.0 Å². The fraction of sp³-hybridized carbons (Fsp3) is 0.286. The van der Waals surface area contributed by atoms with Crippen LogP contribution in [-0.2, 0) is 0 Å².